The quantitative estimate of drug-likeness (QED) is 0.162. The summed E-state index contributed by atoms with van der Waals surface area (Å²) in [6, 6.07) is 80.1. The number of rotatable bonds is 4. The van der Waals surface area contributed by atoms with Crippen molar-refractivity contribution in [3.05, 3.63) is 218 Å². The average Bonchev–Trinajstić information content (AvgIpc) is 3.70. The van der Waals surface area contributed by atoms with Gasteiger partial charge in [-0.1, -0.05) is 158 Å². The van der Waals surface area contributed by atoms with Crippen molar-refractivity contribution in [3.63, 3.8) is 0 Å². The minimum atomic E-state index is 0.895. The Morgan fingerprint density at radius 3 is 1.00 bits per heavy atom. The SMILES string of the molecule is c1ccc2c(c1)cc(-c1ccc3ccc(-c4ccc5c(c4)oc4cc(-c6ccc7ccc(-c8cc9ccccc9c9ccccc89)cc7c6)ccc45)cc3c1)c1ccccc12. The van der Waals surface area contributed by atoms with Gasteiger partial charge in [0, 0.05) is 10.8 Å². The zero-order valence-electron chi connectivity index (χ0n) is 33.2. The summed E-state index contributed by atoms with van der Waals surface area (Å²) >= 11 is 0. The summed E-state index contributed by atoms with van der Waals surface area (Å²) in [6.45, 7) is 0. The third-order valence-electron chi connectivity index (χ3n) is 13.0. The Balaban J connectivity index is 0.855. The van der Waals surface area contributed by atoms with Crippen LogP contribution in [0.5, 0.6) is 0 Å². The molecule has 1 aromatic heterocycles. The summed E-state index contributed by atoms with van der Waals surface area (Å²) < 4.78 is 6.66. The minimum Gasteiger partial charge on any atom is -0.456 e. The highest BCUT2D eigenvalue weighted by molar-refractivity contribution is 6.16. The van der Waals surface area contributed by atoms with Gasteiger partial charge < -0.3 is 4.42 Å². The van der Waals surface area contributed by atoms with E-state index in [9.17, 15) is 0 Å². The minimum absolute atomic E-state index is 0.895. The highest BCUT2D eigenvalue weighted by Crippen LogP contribution is 2.40. The third kappa shape index (κ3) is 5.48. The first-order valence-corrected chi connectivity index (χ1v) is 21.1. The van der Waals surface area contributed by atoms with E-state index in [1.165, 1.54) is 98.0 Å². The summed E-state index contributed by atoms with van der Waals surface area (Å²) in [5.74, 6) is 0. The Morgan fingerprint density at radius 1 is 0.197 bits per heavy atom. The molecule has 0 aliphatic heterocycles. The molecule has 0 fully saturated rings. The molecule has 0 aliphatic rings. The standard InChI is InChI=1S/C60H36O/c1-3-11-49-43(9-1)33-57(53-15-7-5-13-51(49)53)45-23-19-37-17-21-39(29-47(37)31-45)41-25-27-55-56-28-26-42(36-60(56)61-59(55)35-41)40-22-18-38-20-24-46(32-48(38)30-40)58-34-44-10-2-4-12-50(44)52-14-6-8-16-54(52)58/h1-36H. The van der Waals surface area contributed by atoms with Crippen molar-refractivity contribution >= 4 is 86.6 Å². The maximum atomic E-state index is 6.66. The van der Waals surface area contributed by atoms with E-state index in [1.807, 2.05) is 0 Å². The van der Waals surface area contributed by atoms with Crippen LogP contribution in [0.3, 0.4) is 0 Å². The molecule has 1 heterocycles. The molecule has 0 bridgehead atoms. The highest BCUT2D eigenvalue weighted by atomic mass is 16.3. The first-order chi connectivity index (χ1) is 30.2. The zero-order chi connectivity index (χ0) is 40.0. The molecular weight excluding hydrogens is 737 g/mol. The molecule has 0 amide bonds. The van der Waals surface area contributed by atoms with Crippen molar-refractivity contribution in [2.24, 2.45) is 0 Å². The van der Waals surface area contributed by atoms with Gasteiger partial charge in [-0.3, -0.25) is 0 Å². The van der Waals surface area contributed by atoms with Crippen molar-refractivity contribution in [2.45, 2.75) is 0 Å². The third-order valence-corrected chi connectivity index (χ3v) is 13.0. The number of hydrogen-bond acceptors (Lipinski definition) is 1. The van der Waals surface area contributed by atoms with Gasteiger partial charge in [-0.05, 0) is 170 Å². The predicted molar refractivity (Wildman–Crippen MR) is 260 cm³/mol. The Kier molecular flexibility index (Phi) is 7.37. The second-order valence-electron chi connectivity index (χ2n) is 16.5. The van der Waals surface area contributed by atoms with Gasteiger partial charge in [0.2, 0.25) is 0 Å². The predicted octanol–water partition coefficient (Wildman–Crippen LogP) is 17.2. The van der Waals surface area contributed by atoms with E-state index in [1.54, 1.807) is 0 Å². The summed E-state index contributed by atoms with van der Waals surface area (Å²) in [4.78, 5) is 0. The van der Waals surface area contributed by atoms with Gasteiger partial charge in [0.05, 0.1) is 0 Å². The molecule has 61 heavy (non-hydrogen) atoms. The lowest BCUT2D eigenvalue weighted by Crippen LogP contribution is -1.86. The van der Waals surface area contributed by atoms with Crippen LogP contribution in [0.4, 0.5) is 0 Å². The largest absolute Gasteiger partial charge is 0.456 e. The van der Waals surface area contributed by atoms with Gasteiger partial charge >= 0.3 is 0 Å². The van der Waals surface area contributed by atoms with Gasteiger partial charge in [-0.15, -0.1) is 0 Å². The fourth-order valence-electron chi connectivity index (χ4n) is 9.91. The van der Waals surface area contributed by atoms with Gasteiger partial charge in [0.25, 0.3) is 0 Å². The maximum Gasteiger partial charge on any atom is 0.136 e. The summed E-state index contributed by atoms with van der Waals surface area (Å²) in [5.41, 5.74) is 11.4. The van der Waals surface area contributed by atoms with E-state index in [-0.39, 0.29) is 0 Å². The average molecular weight is 773 g/mol. The van der Waals surface area contributed by atoms with E-state index < -0.39 is 0 Å². The van der Waals surface area contributed by atoms with Crippen LogP contribution < -0.4 is 0 Å². The van der Waals surface area contributed by atoms with Crippen LogP contribution in [0.15, 0.2) is 223 Å². The smallest absolute Gasteiger partial charge is 0.136 e. The molecule has 0 radical (unpaired) electrons. The Morgan fingerprint density at radius 2 is 0.541 bits per heavy atom. The molecule has 13 rings (SSSR count). The first-order valence-electron chi connectivity index (χ1n) is 21.1. The van der Waals surface area contributed by atoms with Crippen molar-refractivity contribution in [2.75, 3.05) is 0 Å². The molecule has 0 N–H and O–H groups in total. The lowest BCUT2D eigenvalue weighted by atomic mass is 9.91. The molecule has 0 saturated heterocycles. The van der Waals surface area contributed by atoms with Crippen molar-refractivity contribution in [1.29, 1.82) is 0 Å². The van der Waals surface area contributed by atoms with Crippen LogP contribution in [-0.2, 0) is 0 Å². The number of furan rings is 1. The molecule has 0 atom stereocenters. The lowest BCUT2D eigenvalue weighted by molar-refractivity contribution is 0.669. The summed E-state index contributed by atoms with van der Waals surface area (Å²) in [5, 5.41) is 17.3. The van der Waals surface area contributed by atoms with Gasteiger partial charge in [0.15, 0.2) is 0 Å². The van der Waals surface area contributed by atoms with Gasteiger partial charge in [0.1, 0.15) is 11.2 Å². The van der Waals surface area contributed by atoms with Gasteiger partial charge in [-0.2, -0.15) is 0 Å². The van der Waals surface area contributed by atoms with Crippen molar-refractivity contribution in [1.82, 2.24) is 0 Å². The van der Waals surface area contributed by atoms with Crippen molar-refractivity contribution in [3.8, 4) is 44.5 Å². The Bertz CT molecular complexity index is 3680. The molecule has 1 nitrogen and oxygen atoms in total. The Labute approximate surface area is 352 Å². The second-order valence-corrected chi connectivity index (χ2v) is 16.5. The molecule has 0 aliphatic carbocycles. The van der Waals surface area contributed by atoms with Crippen LogP contribution in [0.25, 0.3) is 131 Å². The molecule has 13 aromatic rings. The molecule has 0 unspecified atom stereocenters. The van der Waals surface area contributed by atoms with E-state index >= 15 is 0 Å². The van der Waals surface area contributed by atoms with Crippen LogP contribution in [0.1, 0.15) is 0 Å². The molecule has 0 spiro atoms. The topological polar surface area (TPSA) is 13.1 Å². The highest BCUT2D eigenvalue weighted by Gasteiger charge is 2.14. The van der Waals surface area contributed by atoms with Crippen molar-refractivity contribution < 1.29 is 4.42 Å². The fourth-order valence-corrected chi connectivity index (χ4v) is 9.91. The molecule has 1 heteroatoms. The van der Waals surface area contributed by atoms with E-state index in [2.05, 4.69) is 218 Å². The van der Waals surface area contributed by atoms with E-state index in [0.717, 1.165) is 33.1 Å². The van der Waals surface area contributed by atoms with E-state index in [0.29, 0.717) is 0 Å². The normalized spacial score (nSPS) is 11.9. The molecule has 0 saturated carbocycles. The van der Waals surface area contributed by atoms with Crippen LogP contribution >= 0.6 is 0 Å². The van der Waals surface area contributed by atoms with Gasteiger partial charge in [-0.25, -0.2) is 0 Å². The summed E-state index contributed by atoms with van der Waals surface area (Å²) in [6.07, 6.45) is 0. The number of fused-ring (bicyclic) bond motifs is 11. The van der Waals surface area contributed by atoms with Crippen LogP contribution in [0.2, 0.25) is 0 Å². The molecule has 12 aromatic carbocycles. The molecular formula is C60H36O. The Hall–Kier alpha value is -8.00. The van der Waals surface area contributed by atoms with Crippen LogP contribution in [0, 0.1) is 0 Å². The number of hydrogen-bond donors (Lipinski definition) is 0. The second kappa shape index (κ2) is 13.3. The lowest BCUT2D eigenvalue weighted by Gasteiger charge is -2.12. The zero-order valence-corrected chi connectivity index (χ0v) is 33.2. The monoisotopic (exact) mass is 772 g/mol. The molecule has 282 valence electrons. The fraction of sp³-hybridized carbons (Fsp3) is 0. The maximum absolute atomic E-state index is 6.66. The number of benzene rings is 12. The van der Waals surface area contributed by atoms with E-state index in [4.69, 9.17) is 4.42 Å². The summed E-state index contributed by atoms with van der Waals surface area (Å²) in [7, 11) is 0. The van der Waals surface area contributed by atoms with Crippen LogP contribution in [-0.4, -0.2) is 0 Å². The first kappa shape index (κ1) is 33.9.